The zero-order valence-corrected chi connectivity index (χ0v) is 17.9. The van der Waals surface area contributed by atoms with Crippen LogP contribution < -0.4 is 4.74 Å². The normalized spacial score (nSPS) is 14.9. The molecule has 0 aromatic heterocycles. The topological polar surface area (TPSA) is 41.8 Å². The maximum atomic E-state index is 14.2. The molecule has 0 spiro atoms. The van der Waals surface area contributed by atoms with Crippen molar-refractivity contribution in [3.8, 4) is 5.75 Å². The van der Waals surface area contributed by atoms with Gasteiger partial charge in [0.2, 0.25) is 5.60 Å². The lowest BCUT2D eigenvalue weighted by Gasteiger charge is -2.33. The lowest BCUT2D eigenvalue weighted by molar-refractivity contribution is -0.248. The van der Waals surface area contributed by atoms with Gasteiger partial charge < -0.3 is 9.84 Å². The van der Waals surface area contributed by atoms with Gasteiger partial charge in [-0.15, -0.1) is 0 Å². The molecule has 6 heteroatoms. The molecule has 2 aromatic carbocycles. The van der Waals surface area contributed by atoms with Gasteiger partial charge in [0, 0.05) is 17.8 Å². The summed E-state index contributed by atoms with van der Waals surface area (Å²) in [5.41, 5.74) is -1.86. The molecule has 0 saturated carbocycles. The molecular weight excluding hydrogens is 391 g/mol. The van der Waals surface area contributed by atoms with Gasteiger partial charge in [0.1, 0.15) is 5.75 Å². The van der Waals surface area contributed by atoms with Gasteiger partial charge in [0.15, 0.2) is 0 Å². The van der Waals surface area contributed by atoms with Crippen LogP contribution in [0.1, 0.15) is 50.8 Å². The number of ether oxygens (including phenoxy) is 1. The third-order valence-electron chi connectivity index (χ3n) is 4.80. The molecule has 3 nitrogen and oxygen atoms in total. The summed E-state index contributed by atoms with van der Waals surface area (Å²) < 4.78 is 48.4. The van der Waals surface area contributed by atoms with E-state index in [0.717, 1.165) is 12.0 Å². The summed E-state index contributed by atoms with van der Waals surface area (Å²) in [6.45, 7) is 9.00. The Morgan fingerprint density at radius 3 is 2.30 bits per heavy atom. The molecule has 0 saturated heterocycles. The number of allylic oxidation sites excluding steroid dienone is 2. The highest BCUT2D eigenvalue weighted by Crippen LogP contribution is 2.48. The predicted molar refractivity (Wildman–Crippen MR) is 115 cm³/mol. The van der Waals surface area contributed by atoms with Crippen LogP contribution in [0.25, 0.3) is 0 Å². The van der Waals surface area contributed by atoms with E-state index in [9.17, 15) is 18.3 Å². The first-order valence-corrected chi connectivity index (χ1v) is 9.90. The Hall–Kier alpha value is -2.60. The fourth-order valence-corrected chi connectivity index (χ4v) is 3.12. The second-order valence-corrected chi connectivity index (χ2v) is 7.35. The van der Waals surface area contributed by atoms with E-state index in [4.69, 9.17) is 4.74 Å². The summed E-state index contributed by atoms with van der Waals surface area (Å²) in [5, 5.41) is 11.0. The molecule has 162 valence electrons. The van der Waals surface area contributed by atoms with E-state index >= 15 is 0 Å². The monoisotopic (exact) mass is 419 g/mol. The number of rotatable bonds is 7. The maximum absolute atomic E-state index is 14.2. The van der Waals surface area contributed by atoms with Crippen molar-refractivity contribution < 1.29 is 23.0 Å². The first kappa shape index (κ1) is 23.7. The molecule has 0 amide bonds. The van der Waals surface area contributed by atoms with Gasteiger partial charge in [0.05, 0.1) is 11.8 Å². The van der Waals surface area contributed by atoms with Crippen LogP contribution in [-0.2, 0) is 5.60 Å². The Bertz CT molecular complexity index is 918. The van der Waals surface area contributed by atoms with Gasteiger partial charge in [-0.05, 0) is 56.9 Å². The van der Waals surface area contributed by atoms with Crippen molar-refractivity contribution >= 4 is 11.9 Å². The molecular formula is C24H28F3NO2. The minimum atomic E-state index is -4.96. The number of nitrogens with zero attached hydrogens (tertiary/aromatic N) is 1. The van der Waals surface area contributed by atoms with E-state index < -0.39 is 17.9 Å². The van der Waals surface area contributed by atoms with Gasteiger partial charge in [-0.1, -0.05) is 43.3 Å². The average Bonchev–Trinajstić information content (AvgIpc) is 2.69. The van der Waals surface area contributed by atoms with E-state index in [1.165, 1.54) is 36.4 Å². The summed E-state index contributed by atoms with van der Waals surface area (Å²) in [4.78, 5) is 4.44. The number of aliphatic hydroxyl groups is 1. The van der Waals surface area contributed by atoms with E-state index in [0.29, 0.717) is 11.3 Å². The van der Waals surface area contributed by atoms with Gasteiger partial charge in [-0.25, -0.2) is 0 Å². The van der Waals surface area contributed by atoms with Crippen molar-refractivity contribution in [3.63, 3.8) is 0 Å². The second-order valence-electron chi connectivity index (χ2n) is 7.35. The SMILES string of the molecule is C/C=C(/C=N/c1cc(OC(C)C)c(C(O)(c2ccccc2)C(F)(F)F)cc1C)CC. The summed E-state index contributed by atoms with van der Waals surface area (Å²) in [6.07, 6.45) is -0.946. The van der Waals surface area contributed by atoms with Crippen molar-refractivity contribution in [1.82, 2.24) is 0 Å². The summed E-state index contributed by atoms with van der Waals surface area (Å²) in [6, 6.07) is 9.81. The van der Waals surface area contributed by atoms with Crippen LogP contribution in [-0.4, -0.2) is 23.6 Å². The molecule has 1 N–H and O–H groups in total. The molecule has 2 aromatic rings. The van der Waals surface area contributed by atoms with Crippen LogP contribution in [0.4, 0.5) is 18.9 Å². The Balaban J connectivity index is 2.75. The fraction of sp³-hybridized carbons (Fsp3) is 0.375. The Morgan fingerprint density at radius 2 is 1.80 bits per heavy atom. The average molecular weight is 419 g/mol. The van der Waals surface area contributed by atoms with E-state index in [1.54, 1.807) is 33.1 Å². The van der Waals surface area contributed by atoms with Crippen LogP contribution in [0.5, 0.6) is 5.75 Å². The lowest BCUT2D eigenvalue weighted by Crippen LogP contribution is -2.43. The maximum Gasteiger partial charge on any atom is 0.425 e. The second kappa shape index (κ2) is 9.47. The predicted octanol–water partition coefficient (Wildman–Crippen LogP) is 6.64. The number of hydrogen-bond acceptors (Lipinski definition) is 3. The third kappa shape index (κ3) is 4.93. The molecule has 30 heavy (non-hydrogen) atoms. The third-order valence-corrected chi connectivity index (χ3v) is 4.80. The van der Waals surface area contributed by atoms with Gasteiger partial charge >= 0.3 is 6.18 Å². The van der Waals surface area contributed by atoms with Crippen molar-refractivity contribution in [2.45, 2.75) is 58.9 Å². The minimum Gasteiger partial charge on any atom is -0.491 e. The molecule has 0 fully saturated rings. The molecule has 0 aliphatic carbocycles. The van der Waals surface area contributed by atoms with Crippen molar-refractivity contribution in [2.75, 3.05) is 0 Å². The number of alkyl halides is 3. The molecule has 0 radical (unpaired) electrons. The van der Waals surface area contributed by atoms with Crippen LogP contribution in [0.2, 0.25) is 0 Å². The van der Waals surface area contributed by atoms with Gasteiger partial charge in [-0.3, -0.25) is 4.99 Å². The first-order chi connectivity index (χ1) is 14.0. The summed E-state index contributed by atoms with van der Waals surface area (Å²) >= 11 is 0. The van der Waals surface area contributed by atoms with Gasteiger partial charge in [0.25, 0.3) is 0 Å². The molecule has 0 bridgehead atoms. The molecule has 1 unspecified atom stereocenters. The van der Waals surface area contributed by atoms with E-state index in [2.05, 4.69) is 4.99 Å². The summed E-state index contributed by atoms with van der Waals surface area (Å²) in [7, 11) is 0. The quantitative estimate of drug-likeness (QED) is 0.511. The number of halogens is 3. The molecule has 0 aliphatic heterocycles. The van der Waals surface area contributed by atoms with Crippen molar-refractivity contribution in [2.24, 2.45) is 4.99 Å². The highest BCUT2D eigenvalue weighted by Gasteiger charge is 2.57. The molecule has 0 aliphatic rings. The number of aryl methyl sites for hydroxylation is 1. The molecule has 2 rings (SSSR count). The first-order valence-electron chi connectivity index (χ1n) is 9.90. The van der Waals surface area contributed by atoms with E-state index in [-0.39, 0.29) is 16.9 Å². The van der Waals surface area contributed by atoms with Gasteiger partial charge in [-0.2, -0.15) is 13.2 Å². The van der Waals surface area contributed by atoms with Crippen LogP contribution in [0, 0.1) is 6.92 Å². The van der Waals surface area contributed by atoms with E-state index in [1.807, 2.05) is 19.9 Å². The fourth-order valence-electron chi connectivity index (χ4n) is 3.12. The number of benzene rings is 2. The standard InChI is InChI=1S/C24H28F3NO2/c1-6-18(7-2)15-28-21-14-22(30-16(3)4)20(13-17(21)5)23(29,24(25,26)27)19-11-9-8-10-12-19/h6,8-16,29H,7H2,1-5H3/b18-6+,28-15+. The van der Waals surface area contributed by atoms with Crippen molar-refractivity contribution in [1.29, 1.82) is 0 Å². The van der Waals surface area contributed by atoms with Crippen LogP contribution in [0.3, 0.4) is 0 Å². The smallest absolute Gasteiger partial charge is 0.425 e. The Kier molecular flexibility index (Phi) is 7.48. The Labute approximate surface area is 175 Å². The van der Waals surface area contributed by atoms with Crippen LogP contribution >= 0.6 is 0 Å². The molecule has 0 heterocycles. The van der Waals surface area contributed by atoms with Crippen molar-refractivity contribution in [3.05, 3.63) is 70.8 Å². The lowest BCUT2D eigenvalue weighted by atomic mass is 9.84. The zero-order chi connectivity index (χ0) is 22.5. The van der Waals surface area contributed by atoms with Crippen LogP contribution in [0.15, 0.2) is 59.1 Å². The minimum absolute atomic E-state index is 0.0510. The zero-order valence-electron chi connectivity index (χ0n) is 17.9. The number of aliphatic imine (C=N–C) groups is 1. The highest BCUT2D eigenvalue weighted by atomic mass is 19.4. The highest BCUT2D eigenvalue weighted by molar-refractivity contribution is 5.81. The summed E-state index contributed by atoms with van der Waals surface area (Å²) in [5.74, 6) is -0.0510. The largest absolute Gasteiger partial charge is 0.491 e. The molecule has 1 atom stereocenters. The number of hydrogen-bond donors (Lipinski definition) is 1. The Morgan fingerprint density at radius 1 is 1.17 bits per heavy atom.